The Morgan fingerprint density at radius 1 is 1.29 bits per heavy atom. The van der Waals surface area contributed by atoms with Crippen LogP contribution in [-0.2, 0) is 9.53 Å². The predicted molar refractivity (Wildman–Crippen MR) is 90.4 cm³/mol. The summed E-state index contributed by atoms with van der Waals surface area (Å²) in [5.41, 5.74) is 0. The van der Waals surface area contributed by atoms with Crippen LogP contribution in [0.4, 0.5) is 0 Å². The van der Waals surface area contributed by atoms with E-state index in [1.54, 1.807) is 0 Å². The molecule has 0 aliphatic carbocycles. The number of carbonyl (C=O) groups excluding carboxylic acids is 1. The average molecular weight is 335 g/mol. The summed E-state index contributed by atoms with van der Waals surface area (Å²) in [6.45, 7) is 10.1. The Morgan fingerprint density at radius 2 is 2.04 bits per heavy atom. The van der Waals surface area contributed by atoms with Crippen LogP contribution in [0.2, 0.25) is 0 Å². The molecule has 2 fully saturated rings. The van der Waals surface area contributed by atoms with E-state index in [1.807, 2.05) is 25.7 Å². The number of nitrogens with zero attached hydrogens (tertiary/aromatic N) is 4. The molecule has 0 saturated carbocycles. The summed E-state index contributed by atoms with van der Waals surface area (Å²) in [4.78, 5) is 21.8. The standard InChI is InChI=1S/C17H29N5O2/c1-12(2)17(23)22-8-4-7-21(14-5-9-24-10-6-14)11-15(22)16-18-13(3)19-20-16/h12,14-15H,4-11H2,1-3H3,(H,18,19,20). The van der Waals surface area contributed by atoms with E-state index in [2.05, 4.69) is 20.1 Å². The number of rotatable bonds is 3. The van der Waals surface area contributed by atoms with Crippen LogP contribution >= 0.6 is 0 Å². The molecule has 134 valence electrons. The van der Waals surface area contributed by atoms with E-state index in [4.69, 9.17) is 4.74 Å². The van der Waals surface area contributed by atoms with E-state index in [0.29, 0.717) is 6.04 Å². The quantitative estimate of drug-likeness (QED) is 0.906. The van der Waals surface area contributed by atoms with E-state index < -0.39 is 0 Å². The molecule has 7 heteroatoms. The van der Waals surface area contributed by atoms with Crippen LogP contribution in [0.5, 0.6) is 0 Å². The minimum absolute atomic E-state index is 0.0119. The summed E-state index contributed by atoms with van der Waals surface area (Å²) >= 11 is 0. The number of nitrogens with one attached hydrogen (secondary N) is 1. The summed E-state index contributed by atoms with van der Waals surface area (Å²) in [5.74, 6) is 1.71. The minimum Gasteiger partial charge on any atom is -0.381 e. The third-order valence-electron chi connectivity index (χ3n) is 5.02. The molecule has 0 bridgehead atoms. The van der Waals surface area contributed by atoms with Gasteiger partial charge in [-0.25, -0.2) is 4.98 Å². The van der Waals surface area contributed by atoms with Gasteiger partial charge in [-0.1, -0.05) is 13.8 Å². The fraction of sp³-hybridized carbons (Fsp3) is 0.824. The third-order valence-corrected chi connectivity index (χ3v) is 5.02. The Hall–Kier alpha value is -1.47. The first-order valence-corrected chi connectivity index (χ1v) is 9.07. The molecule has 2 aliphatic rings. The molecular formula is C17H29N5O2. The summed E-state index contributed by atoms with van der Waals surface area (Å²) in [7, 11) is 0. The first kappa shape index (κ1) is 17.4. The molecule has 0 aromatic carbocycles. The lowest BCUT2D eigenvalue weighted by Crippen LogP contribution is -2.44. The van der Waals surface area contributed by atoms with Crippen molar-refractivity contribution in [2.75, 3.05) is 32.8 Å². The number of ether oxygens (including phenoxy) is 1. The maximum Gasteiger partial charge on any atom is 0.225 e. The Morgan fingerprint density at radius 3 is 2.67 bits per heavy atom. The van der Waals surface area contributed by atoms with Crippen molar-refractivity contribution in [1.82, 2.24) is 25.0 Å². The summed E-state index contributed by atoms with van der Waals surface area (Å²) < 4.78 is 5.51. The van der Waals surface area contributed by atoms with Crippen LogP contribution in [0, 0.1) is 12.8 Å². The van der Waals surface area contributed by atoms with Gasteiger partial charge in [-0.15, -0.1) is 0 Å². The maximum absolute atomic E-state index is 12.7. The summed E-state index contributed by atoms with van der Waals surface area (Å²) in [6.07, 6.45) is 3.13. The predicted octanol–water partition coefficient (Wildman–Crippen LogP) is 1.52. The lowest BCUT2D eigenvalue weighted by Gasteiger charge is -2.36. The second-order valence-corrected chi connectivity index (χ2v) is 7.17. The second kappa shape index (κ2) is 7.61. The number of carbonyl (C=O) groups is 1. The highest BCUT2D eigenvalue weighted by molar-refractivity contribution is 5.78. The van der Waals surface area contributed by atoms with Crippen molar-refractivity contribution in [3.63, 3.8) is 0 Å². The van der Waals surface area contributed by atoms with Gasteiger partial charge in [0.1, 0.15) is 11.9 Å². The van der Waals surface area contributed by atoms with Crippen molar-refractivity contribution in [3.05, 3.63) is 11.6 Å². The molecule has 1 aromatic rings. The van der Waals surface area contributed by atoms with Gasteiger partial charge in [-0.3, -0.25) is 14.8 Å². The highest BCUT2D eigenvalue weighted by atomic mass is 16.5. The van der Waals surface area contributed by atoms with Crippen molar-refractivity contribution in [2.24, 2.45) is 5.92 Å². The average Bonchev–Trinajstić information content (AvgIpc) is 2.89. The molecule has 0 spiro atoms. The zero-order valence-corrected chi connectivity index (χ0v) is 15.0. The zero-order valence-electron chi connectivity index (χ0n) is 15.0. The number of aryl methyl sites for hydroxylation is 1. The van der Waals surface area contributed by atoms with E-state index in [0.717, 1.165) is 63.8 Å². The van der Waals surface area contributed by atoms with Crippen LogP contribution in [0.1, 0.15) is 50.8 Å². The molecule has 1 atom stereocenters. The number of aromatic nitrogens is 3. The number of H-pyrrole nitrogens is 1. The van der Waals surface area contributed by atoms with Gasteiger partial charge in [-0.2, -0.15) is 5.10 Å². The summed E-state index contributed by atoms with van der Waals surface area (Å²) in [6, 6.07) is 0.464. The largest absolute Gasteiger partial charge is 0.381 e. The van der Waals surface area contributed by atoms with Gasteiger partial charge in [0.05, 0.1) is 0 Å². The van der Waals surface area contributed by atoms with Gasteiger partial charge in [0.15, 0.2) is 5.82 Å². The molecule has 0 radical (unpaired) electrons. The van der Waals surface area contributed by atoms with E-state index in [1.165, 1.54) is 0 Å². The van der Waals surface area contributed by atoms with Crippen LogP contribution in [-0.4, -0.2) is 69.8 Å². The lowest BCUT2D eigenvalue weighted by molar-refractivity contribution is -0.137. The minimum atomic E-state index is -0.0739. The molecular weight excluding hydrogens is 306 g/mol. The molecule has 2 aliphatic heterocycles. The molecule has 24 heavy (non-hydrogen) atoms. The fourth-order valence-electron chi connectivity index (χ4n) is 3.72. The zero-order chi connectivity index (χ0) is 17.1. The Kier molecular flexibility index (Phi) is 5.50. The van der Waals surface area contributed by atoms with Crippen LogP contribution in [0.25, 0.3) is 0 Å². The van der Waals surface area contributed by atoms with Gasteiger partial charge in [0.25, 0.3) is 0 Å². The SMILES string of the molecule is Cc1nc(C2CN(C3CCOCC3)CCCN2C(=O)C(C)C)n[nH]1. The lowest BCUT2D eigenvalue weighted by atomic mass is 10.1. The number of hydrogen-bond acceptors (Lipinski definition) is 5. The normalized spacial score (nSPS) is 24.3. The van der Waals surface area contributed by atoms with Crippen molar-refractivity contribution in [1.29, 1.82) is 0 Å². The van der Waals surface area contributed by atoms with Crippen molar-refractivity contribution < 1.29 is 9.53 Å². The maximum atomic E-state index is 12.7. The van der Waals surface area contributed by atoms with E-state index >= 15 is 0 Å². The van der Waals surface area contributed by atoms with Gasteiger partial charge >= 0.3 is 0 Å². The van der Waals surface area contributed by atoms with Crippen molar-refractivity contribution in [2.45, 2.75) is 52.1 Å². The third kappa shape index (κ3) is 3.78. The highest BCUT2D eigenvalue weighted by Crippen LogP contribution is 2.27. The smallest absolute Gasteiger partial charge is 0.225 e. The van der Waals surface area contributed by atoms with Crippen molar-refractivity contribution >= 4 is 5.91 Å². The number of aromatic amines is 1. The second-order valence-electron chi connectivity index (χ2n) is 7.17. The molecule has 1 unspecified atom stereocenters. The van der Waals surface area contributed by atoms with Crippen LogP contribution < -0.4 is 0 Å². The topological polar surface area (TPSA) is 74.3 Å². The monoisotopic (exact) mass is 335 g/mol. The number of amides is 1. The molecule has 1 N–H and O–H groups in total. The Balaban J connectivity index is 1.83. The van der Waals surface area contributed by atoms with E-state index in [-0.39, 0.29) is 17.9 Å². The first-order valence-electron chi connectivity index (χ1n) is 9.07. The molecule has 7 nitrogen and oxygen atoms in total. The van der Waals surface area contributed by atoms with Crippen molar-refractivity contribution in [3.8, 4) is 0 Å². The molecule has 1 amide bonds. The first-order chi connectivity index (χ1) is 11.6. The number of hydrogen-bond donors (Lipinski definition) is 1. The molecule has 2 saturated heterocycles. The Labute approximate surface area is 143 Å². The molecule has 1 aromatic heterocycles. The Bertz CT molecular complexity index is 553. The molecule has 3 rings (SSSR count). The van der Waals surface area contributed by atoms with Gasteiger partial charge in [-0.05, 0) is 26.2 Å². The van der Waals surface area contributed by atoms with Gasteiger partial charge in [0.2, 0.25) is 5.91 Å². The van der Waals surface area contributed by atoms with Crippen LogP contribution in [0.15, 0.2) is 0 Å². The van der Waals surface area contributed by atoms with Crippen LogP contribution in [0.3, 0.4) is 0 Å². The van der Waals surface area contributed by atoms with E-state index in [9.17, 15) is 4.79 Å². The highest BCUT2D eigenvalue weighted by Gasteiger charge is 2.35. The van der Waals surface area contributed by atoms with Gasteiger partial charge < -0.3 is 9.64 Å². The fourth-order valence-corrected chi connectivity index (χ4v) is 3.72. The van der Waals surface area contributed by atoms with Gasteiger partial charge in [0, 0.05) is 44.8 Å². The molecule has 3 heterocycles. The summed E-state index contributed by atoms with van der Waals surface area (Å²) in [5, 5.41) is 7.30.